The molecule has 2 fully saturated rings. The second-order valence-electron chi connectivity index (χ2n) is 9.19. The van der Waals surface area contributed by atoms with E-state index in [-0.39, 0.29) is 41.6 Å². The van der Waals surface area contributed by atoms with E-state index in [4.69, 9.17) is 4.74 Å². The summed E-state index contributed by atoms with van der Waals surface area (Å²) in [5, 5.41) is 21.2. The number of halogens is 3. The Balaban J connectivity index is 1.59. The van der Waals surface area contributed by atoms with E-state index >= 15 is 0 Å². The second-order valence-corrected chi connectivity index (χ2v) is 12.3. The highest BCUT2D eigenvalue weighted by Gasteiger charge is 2.51. The molecule has 0 aliphatic carbocycles. The summed E-state index contributed by atoms with van der Waals surface area (Å²) in [6.07, 6.45) is -5.15. The lowest BCUT2D eigenvalue weighted by Gasteiger charge is -2.45. The second kappa shape index (κ2) is 10.6. The fourth-order valence-corrected chi connectivity index (χ4v) is 7.19. The van der Waals surface area contributed by atoms with Crippen molar-refractivity contribution in [3.8, 4) is 0 Å². The average molecular weight is 550 g/mol. The summed E-state index contributed by atoms with van der Waals surface area (Å²) in [5.74, 6) is 0. The van der Waals surface area contributed by atoms with Gasteiger partial charge in [0.1, 0.15) is 4.21 Å². The van der Waals surface area contributed by atoms with E-state index in [9.17, 15) is 31.8 Å². The molecule has 0 unspecified atom stereocenters. The number of rotatable bonds is 7. The molecule has 2 N–H and O–H groups in total. The number of aliphatic hydroxyl groups is 2. The number of nitrogens with zero attached hydrogens (tertiary/aromatic N) is 3. The number of sulfonamides is 1. The first kappa shape index (κ1) is 27.3. The molecule has 200 valence electrons. The number of benzene rings is 1. The average Bonchev–Trinajstić information content (AvgIpc) is 3.40. The van der Waals surface area contributed by atoms with Crippen LogP contribution in [0.5, 0.6) is 0 Å². The number of ether oxygens (including phenoxy) is 1. The molecule has 2 aliphatic rings. The highest BCUT2D eigenvalue weighted by molar-refractivity contribution is 7.91. The highest BCUT2D eigenvalue weighted by Crippen LogP contribution is 2.39. The Bertz CT molecular complexity index is 1110. The van der Waals surface area contributed by atoms with Crippen LogP contribution in [0.15, 0.2) is 46.0 Å². The van der Waals surface area contributed by atoms with E-state index in [2.05, 4.69) is 4.90 Å². The molecule has 0 spiro atoms. The quantitative estimate of drug-likeness (QED) is 0.547. The van der Waals surface area contributed by atoms with Crippen LogP contribution in [0.3, 0.4) is 0 Å². The lowest BCUT2D eigenvalue weighted by molar-refractivity contribution is -0.258. The smallest absolute Gasteiger partial charge is 0.394 e. The number of anilines is 1. The predicted molar refractivity (Wildman–Crippen MR) is 130 cm³/mol. The largest absolute Gasteiger partial charge is 0.421 e. The summed E-state index contributed by atoms with van der Waals surface area (Å²) < 4.78 is 73.5. The minimum Gasteiger partial charge on any atom is -0.394 e. The molecule has 13 heteroatoms. The Labute approximate surface area is 212 Å². The third-order valence-electron chi connectivity index (χ3n) is 6.74. The molecular formula is C23H30F3N3O5S2. The van der Waals surface area contributed by atoms with Gasteiger partial charge in [0.25, 0.3) is 10.0 Å². The van der Waals surface area contributed by atoms with Gasteiger partial charge in [-0.1, -0.05) is 18.2 Å². The van der Waals surface area contributed by atoms with Crippen LogP contribution in [0.1, 0.15) is 12.5 Å². The Morgan fingerprint density at radius 3 is 2.44 bits per heavy atom. The number of piperazine rings is 1. The molecule has 0 amide bonds. The van der Waals surface area contributed by atoms with E-state index < -0.39 is 21.8 Å². The Kier molecular flexibility index (Phi) is 8.01. The maximum atomic E-state index is 13.3. The maximum Gasteiger partial charge on any atom is 0.421 e. The summed E-state index contributed by atoms with van der Waals surface area (Å²) >= 11 is 1.15. The van der Waals surface area contributed by atoms with Crippen LogP contribution < -0.4 is 4.90 Å². The van der Waals surface area contributed by atoms with E-state index in [0.717, 1.165) is 18.3 Å². The van der Waals surface area contributed by atoms with Crippen molar-refractivity contribution in [3.05, 3.63) is 47.3 Å². The molecule has 8 nitrogen and oxygen atoms in total. The first-order chi connectivity index (χ1) is 16.9. The molecule has 36 heavy (non-hydrogen) atoms. The van der Waals surface area contributed by atoms with Crippen LogP contribution in [-0.2, 0) is 20.4 Å². The van der Waals surface area contributed by atoms with Crippen LogP contribution in [-0.4, -0.2) is 98.6 Å². The van der Waals surface area contributed by atoms with Crippen molar-refractivity contribution in [2.75, 3.05) is 57.4 Å². The molecule has 1 aromatic heterocycles. The number of alkyl halides is 3. The summed E-state index contributed by atoms with van der Waals surface area (Å²) in [7, 11) is -3.67. The maximum absolute atomic E-state index is 13.3. The summed E-state index contributed by atoms with van der Waals surface area (Å²) in [6, 6.07) is 8.53. The molecule has 0 saturated carbocycles. The van der Waals surface area contributed by atoms with Crippen molar-refractivity contribution in [2.24, 2.45) is 0 Å². The Hall–Kier alpha value is -1.74. The van der Waals surface area contributed by atoms with Crippen molar-refractivity contribution in [2.45, 2.75) is 35.1 Å². The number of hydrogen-bond donors (Lipinski definition) is 2. The number of aliphatic hydroxyl groups excluding tert-OH is 1. The van der Waals surface area contributed by atoms with Crippen molar-refractivity contribution >= 4 is 27.0 Å². The zero-order chi connectivity index (χ0) is 26.1. The number of thiophene rings is 1. The SMILES string of the molecule is C[C@](O)(c1ccc(N2CCN(S(=O)(=O)c3cccs3)C[C@H]2CN2CCO[C@H](CO)C2)cc1)C(F)(F)F. The minimum absolute atomic E-state index is 0.121. The fraction of sp³-hybridized carbons (Fsp3) is 0.565. The van der Waals surface area contributed by atoms with Gasteiger partial charge in [-0.25, -0.2) is 8.42 Å². The standard InChI is InChI=1S/C23H30F3N3O5S2/c1-22(31,23(24,25)26)17-4-6-18(7-5-17)29-9-8-28(36(32,33)21-3-2-12-35-21)14-19(29)13-27-10-11-34-20(15-27)16-30/h2-7,12,19-20,30-31H,8-11,13-16H2,1H3/t19-,20+,22+/m1/s1. The van der Waals surface area contributed by atoms with Gasteiger partial charge in [0, 0.05) is 45.0 Å². The zero-order valence-electron chi connectivity index (χ0n) is 19.8. The molecule has 3 atom stereocenters. The zero-order valence-corrected chi connectivity index (χ0v) is 21.4. The summed E-state index contributed by atoms with van der Waals surface area (Å²) in [4.78, 5) is 4.10. The normalized spacial score (nSPS) is 24.6. The first-order valence-electron chi connectivity index (χ1n) is 11.6. The van der Waals surface area contributed by atoms with Crippen LogP contribution in [0.2, 0.25) is 0 Å². The van der Waals surface area contributed by atoms with Gasteiger partial charge in [-0.2, -0.15) is 17.5 Å². The van der Waals surface area contributed by atoms with Gasteiger partial charge in [-0.15, -0.1) is 11.3 Å². The molecule has 2 saturated heterocycles. The van der Waals surface area contributed by atoms with Gasteiger partial charge < -0.3 is 19.8 Å². The Morgan fingerprint density at radius 1 is 1.11 bits per heavy atom. The van der Waals surface area contributed by atoms with Crippen LogP contribution in [0.25, 0.3) is 0 Å². The summed E-state index contributed by atoms with van der Waals surface area (Å²) in [5.41, 5.74) is -2.61. The minimum atomic E-state index is -4.82. The van der Waals surface area contributed by atoms with E-state index in [1.165, 1.54) is 28.6 Å². The van der Waals surface area contributed by atoms with Gasteiger partial charge in [-0.05, 0) is 36.1 Å². The highest BCUT2D eigenvalue weighted by atomic mass is 32.2. The van der Waals surface area contributed by atoms with E-state index in [1.54, 1.807) is 17.5 Å². The monoisotopic (exact) mass is 549 g/mol. The van der Waals surface area contributed by atoms with Gasteiger partial charge in [0.05, 0.1) is 25.4 Å². The molecule has 4 rings (SSSR count). The first-order valence-corrected chi connectivity index (χ1v) is 13.9. The van der Waals surface area contributed by atoms with Crippen LogP contribution in [0.4, 0.5) is 18.9 Å². The van der Waals surface area contributed by atoms with Crippen molar-refractivity contribution in [1.82, 2.24) is 9.21 Å². The molecule has 2 aliphatic heterocycles. The van der Waals surface area contributed by atoms with Gasteiger partial charge in [-0.3, -0.25) is 4.90 Å². The Morgan fingerprint density at radius 2 is 1.83 bits per heavy atom. The molecule has 0 bridgehead atoms. The van der Waals surface area contributed by atoms with Gasteiger partial charge in [0.15, 0.2) is 5.60 Å². The van der Waals surface area contributed by atoms with Crippen LogP contribution >= 0.6 is 11.3 Å². The third kappa shape index (κ3) is 5.57. The van der Waals surface area contributed by atoms with Crippen molar-refractivity contribution in [1.29, 1.82) is 0 Å². The van der Waals surface area contributed by atoms with Gasteiger partial charge in [0.2, 0.25) is 0 Å². The molecule has 1 aromatic carbocycles. The number of morpholine rings is 1. The molecule has 3 heterocycles. The van der Waals surface area contributed by atoms with Gasteiger partial charge >= 0.3 is 6.18 Å². The number of hydrogen-bond acceptors (Lipinski definition) is 8. The summed E-state index contributed by atoms with van der Waals surface area (Å²) in [6.45, 7) is 3.40. The van der Waals surface area contributed by atoms with E-state index in [0.29, 0.717) is 38.5 Å². The van der Waals surface area contributed by atoms with Crippen molar-refractivity contribution in [3.63, 3.8) is 0 Å². The molecule has 2 aromatic rings. The lowest BCUT2D eigenvalue weighted by Crippen LogP contribution is -2.59. The fourth-order valence-electron chi connectivity index (χ4n) is 4.57. The van der Waals surface area contributed by atoms with Crippen molar-refractivity contribution < 1.29 is 36.5 Å². The third-order valence-corrected chi connectivity index (χ3v) is 9.98. The predicted octanol–water partition coefficient (Wildman–Crippen LogP) is 2.09. The molecular weight excluding hydrogens is 519 g/mol. The van der Waals surface area contributed by atoms with Crippen LogP contribution in [0, 0.1) is 0 Å². The molecule has 0 radical (unpaired) electrons. The van der Waals surface area contributed by atoms with E-state index in [1.807, 2.05) is 4.90 Å². The lowest BCUT2D eigenvalue weighted by atomic mass is 9.95. The topological polar surface area (TPSA) is 93.6 Å².